The van der Waals surface area contributed by atoms with E-state index in [1.165, 1.54) is 11.0 Å². The molecule has 0 saturated carbocycles. The van der Waals surface area contributed by atoms with Crippen LogP contribution in [0.1, 0.15) is 10.4 Å². The van der Waals surface area contributed by atoms with Gasteiger partial charge in [-0.1, -0.05) is 6.08 Å². The second kappa shape index (κ2) is 6.20. The molecule has 0 unspecified atom stereocenters. The van der Waals surface area contributed by atoms with Gasteiger partial charge in [0.1, 0.15) is 0 Å². The van der Waals surface area contributed by atoms with E-state index in [-0.39, 0.29) is 11.6 Å². The third kappa shape index (κ3) is 3.59. The van der Waals surface area contributed by atoms with Crippen LogP contribution in [0.25, 0.3) is 0 Å². The van der Waals surface area contributed by atoms with Crippen molar-refractivity contribution in [3.63, 3.8) is 0 Å². The Hall–Kier alpha value is -1.82. The number of anilines is 1. The number of halogens is 1. The fourth-order valence-corrected chi connectivity index (χ4v) is 1.68. The number of urea groups is 1. The number of benzene rings is 1. The number of hydrogen-bond donors (Lipinski definition) is 2. The van der Waals surface area contributed by atoms with Crippen molar-refractivity contribution in [2.45, 2.75) is 0 Å². The van der Waals surface area contributed by atoms with Gasteiger partial charge in [0.05, 0.1) is 5.56 Å². The van der Waals surface area contributed by atoms with Crippen molar-refractivity contribution < 1.29 is 14.7 Å². The summed E-state index contributed by atoms with van der Waals surface area (Å²) in [6.07, 6.45) is 1.60. The van der Waals surface area contributed by atoms with Crippen LogP contribution in [0.2, 0.25) is 0 Å². The Kier molecular flexibility index (Phi) is 4.91. The van der Waals surface area contributed by atoms with Gasteiger partial charge in [0.2, 0.25) is 0 Å². The van der Waals surface area contributed by atoms with Crippen LogP contribution < -0.4 is 5.32 Å². The molecule has 5 nitrogen and oxygen atoms in total. The molecule has 1 rings (SSSR count). The number of rotatable bonds is 4. The normalized spacial score (nSPS) is 9.67. The quantitative estimate of drug-likeness (QED) is 0.840. The zero-order valence-electron chi connectivity index (χ0n) is 9.81. The van der Waals surface area contributed by atoms with Gasteiger partial charge in [0.25, 0.3) is 0 Å². The minimum Gasteiger partial charge on any atom is -0.478 e. The molecule has 1 aromatic rings. The topological polar surface area (TPSA) is 69.6 Å². The lowest BCUT2D eigenvalue weighted by Gasteiger charge is -2.16. The van der Waals surface area contributed by atoms with Crippen LogP contribution in [0.3, 0.4) is 0 Å². The Balaban J connectivity index is 2.85. The lowest BCUT2D eigenvalue weighted by atomic mass is 10.2. The second-order valence-electron chi connectivity index (χ2n) is 3.60. The molecule has 96 valence electrons. The van der Waals surface area contributed by atoms with Crippen LogP contribution in [-0.4, -0.2) is 35.6 Å². The first-order chi connectivity index (χ1) is 8.45. The molecule has 0 aliphatic heterocycles. The summed E-state index contributed by atoms with van der Waals surface area (Å²) in [6.45, 7) is 3.94. The van der Waals surface area contributed by atoms with Gasteiger partial charge < -0.3 is 15.3 Å². The van der Waals surface area contributed by atoms with Crippen LogP contribution in [0.15, 0.2) is 35.3 Å². The molecule has 2 amide bonds. The maximum Gasteiger partial charge on any atom is 0.336 e. The third-order valence-corrected chi connectivity index (χ3v) is 2.89. The van der Waals surface area contributed by atoms with Gasteiger partial charge in [-0.05, 0) is 34.1 Å². The highest BCUT2D eigenvalue weighted by Gasteiger charge is 2.11. The van der Waals surface area contributed by atoms with Crippen LogP contribution in [-0.2, 0) is 0 Å². The number of carboxylic acid groups (broad SMARTS) is 1. The van der Waals surface area contributed by atoms with Gasteiger partial charge in [0.15, 0.2) is 0 Å². The first kappa shape index (κ1) is 14.2. The first-order valence-electron chi connectivity index (χ1n) is 5.11. The van der Waals surface area contributed by atoms with Crippen LogP contribution in [0.4, 0.5) is 10.5 Å². The summed E-state index contributed by atoms with van der Waals surface area (Å²) in [7, 11) is 1.62. The van der Waals surface area contributed by atoms with Crippen molar-refractivity contribution in [1.29, 1.82) is 0 Å². The lowest BCUT2D eigenvalue weighted by molar-refractivity contribution is 0.0696. The minimum absolute atomic E-state index is 0.0965. The highest BCUT2D eigenvalue weighted by molar-refractivity contribution is 9.10. The van der Waals surface area contributed by atoms with E-state index in [0.717, 1.165) is 0 Å². The van der Waals surface area contributed by atoms with E-state index >= 15 is 0 Å². The Morgan fingerprint density at radius 2 is 2.22 bits per heavy atom. The molecule has 0 heterocycles. The Labute approximate surface area is 113 Å². The van der Waals surface area contributed by atoms with Crippen molar-refractivity contribution >= 4 is 33.6 Å². The molecule has 6 heteroatoms. The Bertz CT molecular complexity index is 488. The molecule has 0 saturated heterocycles. The molecule has 0 atom stereocenters. The van der Waals surface area contributed by atoms with E-state index in [0.29, 0.717) is 16.7 Å². The summed E-state index contributed by atoms with van der Waals surface area (Å²) in [4.78, 5) is 24.0. The van der Waals surface area contributed by atoms with Crippen LogP contribution >= 0.6 is 15.9 Å². The van der Waals surface area contributed by atoms with Crippen molar-refractivity contribution in [2.24, 2.45) is 0 Å². The fraction of sp³-hybridized carbons (Fsp3) is 0.167. The van der Waals surface area contributed by atoms with Crippen molar-refractivity contribution in [3.8, 4) is 0 Å². The summed E-state index contributed by atoms with van der Waals surface area (Å²) in [6, 6.07) is 4.27. The number of carbonyl (C=O) groups is 2. The molecule has 1 aromatic carbocycles. The van der Waals surface area contributed by atoms with Gasteiger partial charge in [-0.2, -0.15) is 0 Å². The van der Waals surface area contributed by atoms with Crippen molar-refractivity contribution in [2.75, 3.05) is 18.9 Å². The summed E-state index contributed by atoms with van der Waals surface area (Å²) in [5.74, 6) is -1.06. The highest BCUT2D eigenvalue weighted by atomic mass is 79.9. The van der Waals surface area contributed by atoms with E-state index in [1.807, 2.05) is 0 Å². The number of carbonyl (C=O) groups excluding carboxylic acids is 1. The largest absolute Gasteiger partial charge is 0.478 e. The summed E-state index contributed by atoms with van der Waals surface area (Å²) in [5.41, 5.74) is 0.524. The van der Waals surface area contributed by atoms with Gasteiger partial charge in [-0.3, -0.25) is 0 Å². The molecule has 0 radical (unpaired) electrons. The zero-order valence-corrected chi connectivity index (χ0v) is 11.4. The molecular weight excluding hydrogens is 300 g/mol. The molecule has 0 bridgehead atoms. The first-order valence-corrected chi connectivity index (χ1v) is 5.91. The van der Waals surface area contributed by atoms with Crippen molar-refractivity contribution in [1.82, 2.24) is 4.90 Å². The molecule has 0 aromatic heterocycles. The van der Waals surface area contributed by atoms with E-state index in [2.05, 4.69) is 27.8 Å². The van der Waals surface area contributed by atoms with Crippen LogP contribution in [0, 0.1) is 0 Å². The number of carboxylic acids is 1. The highest BCUT2D eigenvalue weighted by Crippen LogP contribution is 2.21. The van der Waals surface area contributed by atoms with Gasteiger partial charge in [-0.15, -0.1) is 6.58 Å². The van der Waals surface area contributed by atoms with E-state index < -0.39 is 5.97 Å². The molecule has 18 heavy (non-hydrogen) atoms. The second-order valence-corrected chi connectivity index (χ2v) is 4.45. The molecule has 0 aliphatic rings. The van der Waals surface area contributed by atoms with Gasteiger partial charge in [0, 0.05) is 23.8 Å². The zero-order chi connectivity index (χ0) is 13.7. The summed E-state index contributed by atoms with van der Waals surface area (Å²) in [5, 5.41) is 11.6. The SMILES string of the molecule is C=CCN(C)C(=O)Nc1ccc(Br)c(C(=O)O)c1. The maximum atomic E-state index is 11.7. The number of amides is 2. The molecule has 0 fully saturated rings. The third-order valence-electron chi connectivity index (χ3n) is 2.20. The number of hydrogen-bond acceptors (Lipinski definition) is 2. The number of nitrogens with zero attached hydrogens (tertiary/aromatic N) is 1. The van der Waals surface area contributed by atoms with E-state index in [9.17, 15) is 9.59 Å². The average Bonchev–Trinajstić information content (AvgIpc) is 2.31. The molecule has 0 aliphatic carbocycles. The monoisotopic (exact) mass is 312 g/mol. The van der Waals surface area contributed by atoms with Gasteiger partial charge >= 0.3 is 12.0 Å². The van der Waals surface area contributed by atoms with E-state index in [4.69, 9.17) is 5.11 Å². The van der Waals surface area contributed by atoms with Crippen LogP contribution in [0.5, 0.6) is 0 Å². The number of aromatic carboxylic acids is 1. The average molecular weight is 313 g/mol. The fourth-order valence-electron chi connectivity index (χ4n) is 1.26. The molecule has 2 N–H and O–H groups in total. The standard InChI is InChI=1S/C12H13BrN2O3/c1-3-6-15(2)12(18)14-8-4-5-10(13)9(7-8)11(16)17/h3-5,7H,1,6H2,2H3,(H,14,18)(H,16,17). The minimum atomic E-state index is -1.06. The molecule has 0 spiro atoms. The predicted molar refractivity (Wildman–Crippen MR) is 72.9 cm³/mol. The van der Waals surface area contributed by atoms with Gasteiger partial charge in [-0.25, -0.2) is 9.59 Å². The Morgan fingerprint density at radius 1 is 1.56 bits per heavy atom. The smallest absolute Gasteiger partial charge is 0.336 e. The Morgan fingerprint density at radius 3 is 2.78 bits per heavy atom. The number of likely N-dealkylation sites (N-methyl/N-ethyl adjacent to an activating group) is 1. The maximum absolute atomic E-state index is 11.7. The molecular formula is C12H13BrN2O3. The lowest BCUT2D eigenvalue weighted by Crippen LogP contribution is -2.31. The summed E-state index contributed by atoms with van der Waals surface area (Å²) < 4.78 is 0.465. The summed E-state index contributed by atoms with van der Waals surface area (Å²) >= 11 is 3.13. The van der Waals surface area contributed by atoms with E-state index in [1.54, 1.807) is 25.3 Å². The van der Waals surface area contributed by atoms with Crippen molar-refractivity contribution in [3.05, 3.63) is 40.9 Å². The predicted octanol–water partition coefficient (Wildman–Crippen LogP) is 2.80. The number of nitrogens with one attached hydrogen (secondary N) is 1.